The molecule has 0 bridgehead atoms. The maximum atomic E-state index is 6.53. The highest BCUT2D eigenvalue weighted by Crippen LogP contribution is 2.31. The van der Waals surface area contributed by atoms with Crippen LogP contribution >= 0.6 is 24.0 Å². The third-order valence-electron chi connectivity index (χ3n) is 4.66. The average Bonchev–Trinajstić information content (AvgIpc) is 3.03. The Labute approximate surface area is 181 Å². The van der Waals surface area contributed by atoms with Crippen molar-refractivity contribution >= 4 is 41.2 Å². The quantitative estimate of drug-likeness (QED) is 0.413. The van der Waals surface area contributed by atoms with Crippen LogP contribution < -0.4 is 5.32 Å². The van der Waals surface area contributed by atoms with Crippen molar-refractivity contribution in [2.45, 2.75) is 33.6 Å². The highest BCUT2D eigenvalue weighted by Gasteiger charge is 2.15. The van der Waals surface area contributed by atoms with E-state index in [9.17, 15) is 0 Å². The van der Waals surface area contributed by atoms with E-state index in [4.69, 9.17) is 16.6 Å². The molecular weight excluding hydrogens is 405 g/mol. The third kappa shape index (κ3) is 4.36. The Bertz CT molecular complexity index is 1140. The van der Waals surface area contributed by atoms with Crippen LogP contribution in [0, 0.1) is 13.8 Å². The van der Waals surface area contributed by atoms with E-state index in [2.05, 4.69) is 51.9 Å². The van der Waals surface area contributed by atoms with Gasteiger partial charge < -0.3 is 9.72 Å². The monoisotopic (exact) mass is 427 g/mol. The van der Waals surface area contributed by atoms with E-state index in [1.54, 1.807) is 6.20 Å². The average molecular weight is 428 g/mol. The summed E-state index contributed by atoms with van der Waals surface area (Å²) in [4.78, 5) is 13.7. The minimum atomic E-state index is 0. The van der Waals surface area contributed by atoms with Gasteiger partial charge in [0.1, 0.15) is 11.5 Å². The zero-order valence-electron chi connectivity index (χ0n) is 16.6. The maximum Gasteiger partial charge on any atom is 0.149 e. The van der Waals surface area contributed by atoms with E-state index >= 15 is 0 Å². The van der Waals surface area contributed by atoms with Gasteiger partial charge in [0, 0.05) is 23.7 Å². The van der Waals surface area contributed by atoms with Crippen LogP contribution in [-0.2, 0) is 6.42 Å². The minimum absolute atomic E-state index is 0. The number of imidazole rings is 1. The number of nitrogens with one attached hydrogen (secondary N) is 1. The SMILES string of the molecule is CCCc1c(-c2cnc(Nc3ccc(C)nc3)c(Cl)c2)nc2cc(C)ccn12.Cl. The molecule has 5 nitrogen and oxygen atoms in total. The molecule has 0 saturated carbocycles. The van der Waals surface area contributed by atoms with E-state index in [0.29, 0.717) is 10.8 Å². The molecule has 0 saturated heterocycles. The van der Waals surface area contributed by atoms with Gasteiger partial charge in [0.2, 0.25) is 0 Å². The van der Waals surface area contributed by atoms with Crippen molar-refractivity contribution in [2.24, 2.45) is 0 Å². The smallest absolute Gasteiger partial charge is 0.149 e. The molecule has 7 heteroatoms. The summed E-state index contributed by atoms with van der Waals surface area (Å²) in [5.74, 6) is 0.604. The molecule has 0 amide bonds. The molecule has 4 aromatic heterocycles. The van der Waals surface area contributed by atoms with Crippen LogP contribution in [0.1, 0.15) is 30.3 Å². The van der Waals surface area contributed by atoms with Gasteiger partial charge in [-0.3, -0.25) is 4.98 Å². The Balaban J connectivity index is 0.00000240. The molecule has 1 N–H and O–H groups in total. The lowest BCUT2D eigenvalue weighted by atomic mass is 10.1. The molecule has 0 spiro atoms. The molecule has 4 aromatic rings. The fraction of sp³-hybridized carbons (Fsp3) is 0.227. The molecule has 0 aliphatic rings. The van der Waals surface area contributed by atoms with Crippen LogP contribution in [0.4, 0.5) is 11.5 Å². The number of aromatic nitrogens is 4. The number of hydrogen-bond donors (Lipinski definition) is 1. The van der Waals surface area contributed by atoms with Gasteiger partial charge in [0.05, 0.1) is 28.3 Å². The summed E-state index contributed by atoms with van der Waals surface area (Å²) in [5, 5.41) is 3.77. The number of halogens is 2. The Morgan fingerprint density at radius 2 is 1.90 bits per heavy atom. The highest BCUT2D eigenvalue weighted by atomic mass is 35.5. The Kier molecular flexibility index (Phi) is 6.40. The second kappa shape index (κ2) is 8.80. The first kappa shape index (κ1) is 21.1. The van der Waals surface area contributed by atoms with Crippen molar-refractivity contribution in [1.29, 1.82) is 0 Å². The van der Waals surface area contributed by atoms with E-state index in [1.165, 1.54) is 11.3 Å². The van der Waals surface area contributed by atoms with Crippen LogP contribution in [0.2, 0.25) is 5.02 Å². The molecule has 0 aromatic carbocycles. The molecule has 4 heterocycles. The van der Waals surface area contributed by atoms with Crippen LogP contribution in [0.25, 0.3) is 16.9 Å². The van der Waals surface area contributed by atoms with Gasteiger partial charge in [0.25, 0.3) is 0 Å². The Morgan fingerprint density at radius 1 is 1.07 bits per heavy atom. The zero-order valence-corrected chi connectivity index (χ0v) is 18.2. The summed E-state index contributed by atoms with van der Waals surface area (Å²) >= 11 is 6.53. The van der Waals surface area contributed by atoms with Gasteiger partial charge in [-0.2, -0.15) is 0 Å². The first-order chi connectivity index (χ1) is 13.5. The summed E-state index contributed by atoms with van der Waals surface area (Å²) in [6.45, 7) is 6.20. The summed E-state index contributed by atoms with van der Waals surface area (Å²) in [6, 6.07) is 10.0. The summed E-state index contributed by atoms with van der Waals surface area (Å²) < 4.78 is 2.16. The fourth-order valence-corrected chi connectivity index (χ4v) is 3.46. The number of hydrogen-bond acceptors (Lipinski definition) is 4. The van der Waals surface area contributed by atoms with Crippen molar-refractivity contribution in [1.82, 2.24) is 19.4 Å². The van der Waals surface area contributed by atoms with Crippen molar-refractivity contribution in [3.8, 4) is 11.3 Å². The molecule has 0 aliphatic carbocycles. The highest BCUT2D eigenvalue weighted by molar-refractivity contribution is 6.33. The molecular formula is C22H23Cl2N5. The van der Waals surface area contributed by atoms with E-state index in [1.807, 2.05) is 31.3 Å². The van der Waals surface area contributed by atoms with Crippen molar-refractivity contribution in [3.05, 3.63) is 70.9 Å². The van der Waals surface area contributed by atoms with Gasteiger partial charge in [0.15, 0.2) is 0 Å². The first-order valence-electron chi connectivity index (χ1n) is 9.38. The van der Waals surface area contributed by atoms with Crippen LogP contribution in [0.15, 0.2) is 48.9 Å². The third-order valence-corrected chi connectivity index (χ3v) is 4.94. The zero-order chi connectivity index (χ0) is 19.7. The molecule has 0 radical (unpaired) electrons. The molecule has 0 atom stereocenters. The fourth-order valence-electron chi connectivity index (χ4n) is 3.24. The van der Waals surface area contributed by atoms with E-state index in [0.717, 1.165) is 41.1 Å². The lowest BCUT2D eigenvalue weighted by Gasteiger charge is -2.09. The van der Waals surface area contributed by atoms with Gasteiger partial charge >= 0.3 is 0 Å². The van der Waals surface area contributed by atoms with Crippen LogP contribution in [0.3, 0.4) is 0 Å². The Morgan fingerprint density at radius 3 is 2.59 bits per heavy atom. The lowest BCUT2D eigenvalue weighted by Crippen LogP contribution is -1.97. The molecule has 150 valence electrons. The summed E-state index contributed by atoms with van der Waals surface area (Å²) in [7, 11) is 0. The van der Waals surface area contributed by atoms with Crippen LogP contribution in [0.5, 0.6) is 0 Å². The van der Waals surface area contributed by atoms with Gasteiger partial charge in [-0.25, -0.2) is 9.97 Å². The normalized spacial score (nSPS) is 10.8. The van der Waals surface area contributed by atoms with E-state index in [-0.39, 0.29) is 12.4 Å². The number of anilines is 2. The number of nitrogens with zero attached hydrogens (tertiary/aromatic N) is 4. The van der Waals surface area contributed by atoms with Gasteiger partial charge in [-0.15, -0.1) is 12.4 Å². The predicted molar refractivity (Wildman–Crippen MR) is 122 cm³/mol. The molecule has 29 heavy (non-hydrogen) atoms. The van der Waals surface area contributed by atoms with E-state index < -0.39 is 0 Å². The minimum Gasteiger partial charge on any atom is -0.338 e. The Hall–Kier alpha value is -2.63. The number of fused-ring (bicyclic) bond motifs is 1. The largest absolute Gasteiger partial charge is 0.338 e. The van der Waals surface area contributed by atoms with Gasteiger partial charge in [-0.05, 0) is 56.2 Å². The summed E-state index contributed by atoms with van der Waals surface area (Å²) in [6.07, 6.45) is 7.65. The topological polar surface area (TPSA) is 55.1 Å². The standard InChI is InChI=1S/C22H22ClN5.ClH/c1-4-5-19-21(27-20-10-14(2)8-9-28(19)20)16-11-18(23)22(25-12-16)26-17-7-6-15(3)24-13-17;/h6-13H,4-5H2,1-3H3,(H,25,26);1H. The van der Waals surface area contributed by atoms with Crippen molar-refractivity contribution < 1.29 is 0 Å². The van der Waals surface area contributed by atoms with Crippen molar-refractivity contribution in [2.75, 3.05) is 5.32 Å². The second-order valence-corrected chi connectivity index (χ2v) is 7.36. The summed E-state index contributed by atoms with van der Waals surface area (Å²) in [5.41, 5.74) is 6.98. The van der Waals surface area contributed by atoms with Crippen molar-refractivity contribution in [3.63, 3.8) is 0 Å². The second-order valence-electron chi connectivity index (χ2n) is 6.96. The predicted octanol–water partition coefficient (Wildman–Crippen LogP) is 6.18. The first-order valence-corrected chi connectivity index (χ1v) is 9.76. The molecule has 4 rings (SSSR count). The molecule has 0 aliphatic heterocycles. The number of aryl methyl sites for hydroxylation is 3. The number of rotatable bonds is 5. The number of pyridine rings is 3. The maximum absolute atomic E-state index is 6.53. The van der Waals surface area contributed by atoms with Gasteiger partial charge in [-0.1, -0.05) is 24.9 Å². The molecule has 0 fully saturated rings. The van der Waals surface area contributed by atoms with Crippen LogP contribution in [-0.4, -0.2) is 19.4 Å². The lowest BCUT2D eigenvalue weighted by molar-refractivity contribution is 0.869. The molecule has 0 unspecified atom stereocenters.